The highest BCUT2D eigenvalue weighted by atomic mass is 32.2. The zero-order valence-electron chi connectivity index (χ0n) is 17.6. The number of nitrogens with zero attached hydrogens (tertiary/aromatic N) is 4. The van der Waals surface area contributed by atoms with Gasteiger partial charge in [0.2, 0.25) is 11.8 Å². The van der Waals surface area contributed by atoms with E-state index >= 15 is 0 Å². The Morgan fingerprint density at radius 3 is 2.53 bits per heavy atom. The number of anilines is 2. The molecule has 0 atom stereocenters. The number of rotatable bonds is 9. The third-order valence-corrected chi connectivity index (χ3v) is 5.49. The number of hydrogen-bond donors (Lipinski definition) is 2. The molecule has 0 aliphatic carbocycles. The average molecular weight is 455 g/mol. The van der Waals surface area contributed by atoms with Crippen molar-refractivity contribution in [2.24, 2.45) is 0 Å². The number of para-hydroxylation sites is 1. The summed E-state index contributed by atoms with van der Waals surface area (Å²) in [5.74, 6) is -0.00375. The number of hydrogen-bond acceptors (Lipinski definition) is 7. The summed E-state index contributed by atoms with van der Waals surface area (Å²) in [5, 5.41) is 25.2. The summed E-state index contributed by atoms with van der Waals surface area (Å²) in [6.07, 6.45) is 0.0510. The van der Waals surface area contributed by atoms with Crippen molar-refractivity contribution < 1.29 is 14.5 Å². The molecule has 32 heavy (non-hydrogen) atoms. The molecule has 2 aromatic carbocycles. The summed E-state index contributed by atoms with van der Waals surface area (Å²) in [7, 11) is 0. The highest BCUT2D eigenvalue weighted by Crippen LogP contribution is 2.23. The van der Waals surface area contributed by atoms with E-state index in [1.54, 1.807) is 29.7 Å². The molecule has 0 aliphatic rings. The van der Waals surface area contributed by atoms with Crippen LogP contribution in [0.25, 0.3) is 0 Å². The van der Waals surface area contributed by atoms with E-state index in [-0.39, 0.29) is 29.7 Å². The molecule has 0 saturated carbocycles. The van der Waals surface area contributed by atoms with Gasteiger partial charge in [-0.05, 0) is 31.5 Å². The largest absolute Gasteiger partial charge is 0.326 e. The van der Waals surface area contributed by atoms with Crippen LogP contribution in [0.5, 0.6) is 0 Å². The van der Waals surface area contributed by atoms with Crippen LogP contribution >= 0.6 is 11.8 Å². The summed E-state index contributed by atoms with van der Waals surface area (Å²) < 4.78 is 1.78. The zero-order valence-corrected chi connectivity index (χ0v) is 18.4. The molecule has 11 heteroatoms. The number of non-ortho nitro benzene ring substituents is 1. The van der Waals surface area contributed by atoms with Gasteiger partial charge in [0.1, 0.15) is 5.82 Å². The van der Waals surface area contributed by atoms with Gasteiger partial charge in [0, 0.05) is 24.4 Å². The van der Waals surface area contributed by atoms with E-state index in [1.165, 1.54) is 23.9 Å². The minimum absolute atomic E-state index is 0.0382. The van der Waals surface area contributed by atoms with Gasteiger partial charge in [-0.2, -0.15) is 0 Å². The summed E-state index contributed by atoms with van der Waals surface area (Å²) in [5.41, 5.74) is 1.71. The van der Waals surface area contributed by atoms with Crippen molar-refractivity contribution in [2.75, 3.05) is 16.4 Å². The van der Waals surface area contributed by atoms with Crippen LogP contribution in [0.1, 0.15) is 18.3 Å². The molecule has 0 fully saturated rings. The summed E-state index contributed by atoms with van der Waals surface area (Å²) in [4.78, 5) is 35.2. The van der Waals surface area contributed by atoms with Crippen LogP contribution in [0.3, 0.4) is 0 Å². The van der Waals surface area contributed by atoms with Gasteiger partial charge in [-0.3, -0.25) is 19.7 Å². The molecule has 0 unspecified atom stereocenters. The maximum atomic E-state index is 12.4. The number of nitro benzene ring substituents is 1. The minimum Gasteiger partial charge on any atom is -0.326 e. The van der Waals surface area contributed by atoms with Gasteiger partial charge < -0.3 is 15.2 Å². The molecule has 0 radical (unpaired) electrons. The van der Waals surface area contributed by atoms with E-state index in [1.807, 2.05) is 25.1 Å². The Balaban J connectivity index is 1.60. The number of nitrogens with one attached hydrogen (secondary N) is 2. The first-order valence-electron chi connectivity index (χ1n) is 9.82. The average Bonchev–Trinajstić information content (AvgIpc) is 3.15. The molecule has 3 rings (SSSR count). The lowest BCUT2D eigenvalue weighted by Gasteiger charge is -2.09. The second kappa shape index (κ2) is 10.5. The van der Waals surface area contributed by atoms with Crippen LogP contribution in [0.15, 0.2) is 53.7 Å². The zero-order chi connectivity index (χ0) is 23.1. The highest BCUT2D eigenvalue weighted by molar-refractivity contribution is 7.99. The van der Waals surface area contributed by atoms with E-state index in [2.05, 4.69) is 20.8 Å². The number of amides is 2. The number of carbonyl (C=O) groups excluding carboxylic acids is 2. The maximum Gasteiger partial charge on any atom is 0.271 e. The highest BCUT2D eigenvalue weighted by Gasteiger charge is 2.17. The normalized spacial score (nSPS) is 10.6. The minimum atomic E-state index is -0.511. The number of nitro groups is 1. The van der Waals surface area contributed by atoms with Gasteiger partial charge in [-0.25, -0.2) is 0 Å². The molecular formula is C21H22N6O4S. The van der Waals surface area contributed by atoms with Crippen molar-refractivity contribution in [3.05, 3.63) is 70.0 Å². The summed E-state index contributed by atoms with van der Waals surface area (Å²) in [6.45, 7) is 4.19. The third kappa shape index (κ3) is 5.91. The number of aromatic nitrogens is 3. The molecule has 3 aromatic rings. The van der Waals surface area contributed by atoms with Crippen LogP contribution in [-0.2, 0) is 22.6 Å². The van der Waals surface area contributed by atoms with Crippen LogP contribution in [0.2, 0.25) is 0 Å². The summed E-state index contributed by atoms with van der Waals surface area (Å²) in [6, 6.07) is 13.4. The smallest absolute Gasteiger partial charge is 0.271 e. The van der Waals surface area contributed by atoms with Gasteiger partial charge in [-0.1, -0.05) is 36.0 Å². The molecule has 1 heterocycles. The van der Waals surface area contributed by atoms with Crippen molar-refractivity contribution in [3.8, 4) is 0 Å². The fourth-order valence-electron chi connectivity index (χ4n) is 2.92. The standard InChI is InChI=1S/C21H22N6O4S/c1-3-26-18(12-19(28)22-15-7-5-4-6-8-15)24-25-21(26)32-13-20(29)23-17-11-16(27(30)31)10-9-14(17)2/h4-11H,3,12-13H2,1-2H3,(H,22,28)(H,23,29). The monoisotopic (exact) mass is 454 g/mol. The predicted octanol–water partition coefficient (Wildman–Crippen LogP) is 3.43. The van der Waals surface area contributed by atoms with Gasteiger partial charge in [-0.15, -0.1) is 10.2 Å². The van der Waals surface area contributed by atoms with Crippen molar-refractivity contribution in [1.82, 2.24) is 14.8 Å². The number of thioether (sulfide) groups is 1. The van der Waals surface area contributed by atoms with Gasteiger partial charge >= 0.3 is 0 Å². The Hall–Kier alpha value is -3.73. The second-order valence-electron chi connectivity index (χ2n) is 6.83. The maximum absolute atomic E-state index is 12.4. The number of benzene rings is 2. The van der Waals surface area contributed by atoms with E-state index in [4.69, 9.17) is 0 Å². The first-order valence-corrected chi connectivity index (χ1v) is 10.8. The van der Waals surface area contributed by atoms with Gasteiger partial charge in [0.05, 0.1) is 22.8 Å². The lowest BCUT2D eigenvalue weighted by Crippen LogP contribution is -2.18. The molecule has 166 valence electrons. The van der Waals surface area contributed by atoms with E-state index < -0.39 is 4.92 Å². The fraction of sp³-hybridized carbons (Fsp3) is 0.238. The van der Waals surface area contributed by atoms with E-state index in [0.717, 1.165) is 5.56 Å². The summed E-state index contributed by atoms with van der Waals surface area (Å²) >= 11 is 1.18. The van der Waals surface area contributed by atoms with Gasteiger partial charge in [0.25, 0.3) is 5.69 Å². The molecule has 10 nitrogen and oxygen atoms in total. The van der Waals surface area contributed by atoms with Crippen LogP contribution < -0.4 is 10.6 Å². The Kier molecular flexibility index (Phi) is 7.55. The topological polar surface area (TPSA) is 132 Å². The van der Waals surface area contributed by atoms with Crippen molar-refractivity contribution in [1.29, 1.82) is 0 Å². The molecule has 1 aromatic heterocycles. The van der Waals surface area contributed by atoms with E-state index in [9.17, 15) is 19.7 Å². The lowest BCUT2D eigenvalue weighted by molar-refractivity contribution is -0.384. The van der Waals surface area contributed by atoms with E-state index in [0.29, 0.717) is 28.9 Å². The second-order valence-corrected chi connectivity index (χ2v) is 7.77. The third-order valence-electron chi connectivity index (χ3n) is 4.52. The lowest BCUT2D eigenvalue weighted by atomic mass is 10.2. The Bertz CT molecular complexity index is 1130. The van der Waals surface area contributed by atoms with Crippen molar-refractivity contribution in [2.45, 2.75) is 32.0 Å². The molecule has 0 aliphatic heterocycles. The Labute approximate surface area is 188 Å². The number of aryl methyl sites for hydroxylation is 1. The fourth-order valence-corrected chi connectivity index (χ4v) is 3.74. The molecule has 0 spiro atoms. The first kappa shape index (κ1) is 22.9. The first-order chi connectivity index (χ1) is 15.4. The van der Waals surface area contributed by atoms with Crippen LogP contribution in [-0.4, -0.2) is 37.3 Å². The van der Waals surface area contributed by atoms with Crippen molar-refractivity contribution in [3.63, 3.8) is 0 Å². The van der Waals surface area contributed by atoms with Gasteiger partial charge in [0.15, 0.2) is 5.16 Å². The molecular weight excluding hydrogens is 432 g/mol. The Morgan fingerprint density at radius 2 is 1.84 bits per heavy atom. The van der Waals surface area contributed by atoms with Crippen LogP contribution in [0, 0.1) is 17.0 Å². The molecule has 2 N–H and O–H groups in total. The van der Waals surface area contributed by atoms with Crippen molar-refractivity contribution >= 4 is 40.6 Å². The molecule has 0 bridgehead atoms. The quantitative estimate of drug-likeness (QED) is 0.288. The predicted molar refractivity (Wildman–Crippen MR) is 122 cm³/mol. The SMILES string of the molecule is CCn1c(CC(=O)Nc2ccccc2)nnc1SCC(=O)Nc1cc([N+](=O)[O-])ccc1C. The number of carbonyl (C=O) groups is 2. The molecule has 0 saturated heterocycles. The molecule has 2 amide bonds. The Morgan fingerprint density at radius 1 is 1.09 bits per heavy atom. The van der Waals surface area contributed by atoms with Crippen LogP contribution in [0.4, 0.5) is 17.1 Å².